The Morgan fingerprint density at radius 2 is 1.50 bits per heavy atom. The lowest BCUT2D eigenvalue weighted by atomic mass is 10.2. The van der Waals surface area contributed by atoms with Gasteiger partial charge in [-0.05, 0) is 51.8 Å². The van der Waals surface area contributed by atoms with Gasteiger partial charge in [-0.1, -0.05) is 12.2 Å². The maximum atomic E-state index is 13.2. The van der Waals surface area contributed by atoms with Crippen LogP contribution in [0.4, 0.5) is 0 Å². The summed E-state index contributed by atoms with van der Waals surface area (Å²) in [4.78, 5) is 17.9. The molecule has 0 saturated heterocycles. The van der Waals surface area contributed by atoms with Gasteiger partial charge in [0.2, 0.25) is 0 Å². The van der Waals surface area contributed by atoms with Gasteiger partial charge in [0.05, 0.1) is 16.5 Å². The minimum atomic E-state index is -4.24. The number of thiol groups is 1. The molecule has 3 aromatic heterocycles. The number of aromatic nitrogens is 5. The SMILES string of the molecule is CCn1c(C)cc2nc(C=Cc3c(S)n(CCCS(=O)(=O)O)c(=O)n(CCCS(=O)(=O)O)c3=S)n(CC)c21. The maximum Gasteiger partial charge on any atom is 0.330 e. The van der Waals surface area contributed by atoms with Crippen LogP contribution in [0.1, 0.15) is 43.8 Å². The van der Waals surface area contributed by atoms with E-state index in [1.54, 1.807) is 12.2 Å². The van der Waals surface area contributed by atoms with Gasteiger partial charge >= 0.3 is 5.69 Å². The molecule has 0 aromatic carbocycles. The van der Waals surface area contributed by atoms with E-state index in [-0.39, 0.29) is 35.6 Å². The van der Waals surface area contributed by atoms with Crippen molar-refractivity contribution in [1.82, 2.24) is 23.3 Å². The smallest absolute Gasteiger partial charge is 0.330 e. The van der Waals surface area contributed by atoms with Crippen LogP contribution < -0.4 is 5.69 Å². The van der Waals surface area contributed by atoms with Gasteiger partial charge in [0, 0.05) is 37.4 Å². The van der Waals surface area contributed by atoms with Crippen LogP contribution in [-0.2, 0) is 46.4 Å². The topological polar surface area (TPSA) is 158 Å². The zero-order valence-electron chi connectivity index (χ0n) is 21.2. The highest BCUT2D eigenvalue weighted by Crippen LogP contribution is 2.24. The fourth-order valence-corrected chi connectivity index (χ4v) is 6.13. The molecule has 12 nitrogen and oxygen atoms in total. The van der Waals surface area contributed by atoms with E-state index in [1.807, 2.05) is 24.5 Å². The summed E-state index contributed by atoms with van der Waals surface area (Å²) in [5.74, 6) is -0.467. The molecule has 0 bridgehead atoms. The molecule has 3 aromatic rings. The second-order valence-electron chi connectivity index (χ2n) is 8.69. The molecule has 2 N–H and O–H groups in total. The lowest BCUT2D eigenvalue weighted by Gasteiger charge is -2.16. The van der Waals surface area contributed by atoms with Crippen LogP contribution in [-0.4, -0.2) is 60.7 Å². The van der Waals surface area contributed by atoms with Gasteiger partial charge in [0.15, 0.2) is 0 Å². The van der Waals surface area contributed by atoms with E-state index in [1.165, 1.54) is 9.13 Å². The second kappa shape index (κ2) is 11.9. The molecule has 0 aliphatic carbocycles. The summed E-state index contributed by atoms with van der Waals surface area (Å²) >= 11 is 10.1. The van der Waals surface area contributed by atoms with Crippen molar-refractivity contribution in [3.05, 3.63) is 38.3 Å². The number of hydrogen-bond donors (Lipinski definition) is 3. The standard InChI is InChI=1S/C22H31N5O7S4/c1-4-24-15(3)14-17-19(24)25(5-2)18(23-17)9-8-16-20(35)26(10-6-12-37(29,30)31)22(28)27(21(16)36)11-7-13-38(32,33)34/h8-9,14,35H,4-7,10-13H2,1-3H3,(H,29,30,31)(H,32,33,34). The van der Waals surface area contributed by atoms with Gasteiger partial charge in [-0.15, -0.1) is 12.6 Å². The number of fused-ring (bicyclic) bond motifs is 1. The first-order valence-electron chi connectivity index (χ1n) is 11.9. The van der Waals surface area contributed by atoms with E-state index in [0.29, 0.717) is 17.9 Å². The van der Waals surface area contributed by atoms with Gasteiger partial charge in [0.25, 0.3) is 20.2 Å². The van der Waals surface area contributed by atoms with Crippen LogP contribution in [0.3, 0.4) is 0 Å². The van der Waals surface area contributed by atoms with E-state index in [4.69, 9.17) is 26.3 Å². The minimum absolute atomic E-state index is 0.0667. The summed E-state index contributed by atoms with van der Waals surface area (Å²) in [6, 6.07) is 2.00. The first-order valence-corrected chi connectivity index (χ1v) is 16.0. The highest BCUT2D eigenvalue weighted by atomic mass is 32.2. The number of rotatable bonds is 12. The predicted molar refractivity (Wildman–Crippen MR) is 152 cm³/mol. The van der Waals surface area contributed by atoms with Crippen LogP contribution in [0.2, 0.25) is 0 Å². The molecule has 0 aliphatic rings. The van der Waals surface area contributed by atoms with Gasteiger partial charge in [-0.2, -0.15) is 16.8 Å². The lowest BCUT2D eigenvalue weighted by Crippen LogP contribution is -2.34. The number of hydrogen-bond acceptors (Lipinski definition) is 8. The minimum Gasteiger partial charge on any atom is -0.330 e. The number of aryl methyl sites for hydroxylation is 3. The van der Waals surface area contributed by atoms with Crippen molar-refractivity contribution < 1.29 is 25.9 Å². The summed E-state index contributed by atoms with van der Waals surface area (Å²) in [5.41, 5.74) is 2.68. The van der Waals surface area contributed by atoms with Crippen LogP contribution >= 0.6 is 24.8 Å². The Labute approximate surface area is 231 Å². The molecule has 0 aliphatic heterocycles. The molecule has 3 rings (SSSR count). The third-order valence-electron chi connectivity index (χ3n) is 6.06. The zero-order chi connectivity index (χ0) is 28.4. The average molecular weight is 606 g/mol. The number of imidazole rings is 1. The Bertz CT molecular complexity index is 1710. The summed E-state index contributed by atoms with van der Waals surface area (Å²) in [6.45, 7) is 7.32. The third-order valence-corrected chi connectivity index (χ3v) is 8.59. The Balaban J connectivity index is 2.11. The van der Waals surface area contributed by atoms with Crippen molar-refractivity contribution in [2.24, 2.45) is 0 Å². The average Bonchev–Trinajstić information content (AvgIpc) is 3.29. The van der Waals surface area contributed by atoms with E-state index in [2.05, 4.69) is 24.1 Å². The summed E-state index contributed by atoms with van der Waals surface area (Å²) in [7, 11) is -8.48. The fraction of sp³-hybridized carbons (Fsp3) is 0.500. The quantitative estimate of drug-likeness (QED) is 0.122. The Hall–Kier alpha value is -2.24. The fourth-order valence-electron chi connectivity index (χ4n) is 4.36. The first kappa shape index (κ1) is 30.3. The van der Waals surface area contributed by atoms with Crippen LogP contribution in [0.5, 0.6) is 0 Å². The number of nitrogens with zero attached hydrogens (tertiary/aromatic N) is 5. The van der Waals surface area contributed by atoms with Crippen molar-refractivity contribution in [3.8, 4) is 0 Å². The van der Waals surface area contributed by atoms with Crippen LogP contribution in [0.15, 0.2) is 15.9 Å². The van der Waals surface area contributed by atoms with Gasteiger partial charge in [-0.25, -0.2) is 9.78 Å². The molecule has 0 unspecified atom stereocenters. The van der Waals surface area contributed by atoms with E-state index < -0.39 is 37.4 Å². The molecule has 0 saturated carbocycles. The van der Waals surface area contributed by atoms with Crippen LogP contribution in [0.25, 0.3) is 23.3 Å². The third kappa shape index (κ3) is 6.84. The normalized spacial score (nSPS) is 12.8. The molecule has 16 heteroatoms. The van der Waals surface area contributed by atoms with Crippen molar-refractivity contribution in [2.75, 3.05) is 11.5 Å². The van der Waals surface area contributed by atoms with Gasteiger partial charge in [0.1, 0.15) is 21.6 Å². The highest BCUT2D eigenvalue weighted by molar-refractivity contribution is 7.86. The van der Waals surface area contributed by atoms with Crippen LogP contribution in [0, 0.1) is 11.6 Å². The molecule has 0 spiro atoms. The first-order chi connectivity index (χ1) is 17.7. The molecule has 0 radical (unpaired) electrons. The molecule has 0 amide bonds. The zero-order valence-corrected chi connectivity index (χ0v) is 24.6. The largest absolute Gasteiger partial charge is 0.330 e. The second-order valence-corrected chi connectivity index (χ2v) is 12.6. The van der Waals surface area contributed by atoms with Crippen molar-refractivity contribution in [3.63, 3.8) is 0 Å². The molecule has 3 heterocycles. The maximum absolute atomic E-state index is 13.2. The predicted octanol–water partition coefficient (Wildman–Crippen LogP) is 2.89. The molecular weight excluding hydrogens is 575 g/mol. The van der Waals surface area contributed by atoms with E-state index >= 15 is 0 Å². The molecule has 38 heavy (non-hydrogen) atoms. The van der Waals surface area contributed by atoms with E-state index in [0.717, 1.165) is 23.4 Å². The molecule has 210 valence electrons. The van der Waals surface area contributed by atoms with Gasteiger partial charge in [-0.3, -0.25) is 18.2 Å². The summed E-state index contributed by atoms with van der Waals surface area (Å²) in [5, 5.41) is 0.186. The summed E-state index contributed by atoms with van der Waals surface area (Å²) < 4.78 is 69.6. The highest BCUT2D eigenvalue weighted by Gasteiger charge is 2.17. The molecule has 0 atom stereocenters. The molecule has 0 fully saturated rings. The van der Waals surface area contributed by atoms with Crippen molar-refractivity contribution in [1.29, 1.82) is 0 Å². The van der Waals surface area contributed by atoms with Crippen molar-refractivity contribution in [2.45, 2.75) is 64.8 Å². The Kier molecular flexibility index (Phi) is 9.47. The van der Waals surface area contributed by atoms with Gasteiger partial charge < -0.3 is 9.13 Å². The lowest BCUT2D eigenvalue weighted by molar-refractivity contribution is 0.468. The Morgan fingerprint density at radius 3 is 2.03 bits per heavy atom. The molecular formula is C22H31N5O7S4. The summed E-state index contributed by atoms with van der Waals surface area (Å²) in [6.07, 6.45) is 3.27. The van der Waals surface area contributed by atoms with Crippen molar-refractivity contribution >= 4 is 68.4 Å². The Morgan fingerprint density at radius 1 is 0.947 bits per heavy atom. The monoisotopic (exact) mass is 605 g/mol. The van der Waals surface area contributed by atoms with E-state index in [9.17, 15) is 21.6 Å².